The molecule has 0 atom stereocenters. The van der Waals surface area contributed by atoms with Crippen molar-refractivity contribution in [3.05, 3.63) is 64.4 Å². The monoisotopic (exact) mass is 347 g/mol. The van der Waals surface area contributed by atoms with Gasteiger partial charge in [-0.1, -0.05) is 6.07 Å². The quantitative estimate of drug-likeness (QED) is 0.811. The van der Waals surface area contributed by atoms with Crippen LogP contribution < -0.4 is 4.74 Å². The number of aliphatic carboxylic acids is 1. The molecular weight excluding hydrogens is 334 g/mol. The highest BCUT2D eigenvalue weighted by Crippen LogP contribution is 2.26. The molecule has 2 rings (SSSR count). The number of carbonyl (C=O) groups is 1. The van der Waals surface area contributed by atoms with Crippen molar-refractivity contribution in [2.24, 2.45) is 0 Å². The van der Waals surface area contributed by atoms with Gasteiger partial charge in [-0.15, -0.1) is 0 Å². The number of hydrogen-bond acceptors (Lipinski definition) is 3. The Morgan fingerprint density at radius 2 is 2.05 bits per heavy atom. The first kappa shape index (κ1) is 15.3. The molecule has 1 aromatic carbocycles. The summed E-state index contributed by atoms with van der Waals surface area (Å²) in [5.41, 5.74) is 1.97. The molecule has 0 unspecified atom stereocenters. The molecule has 2 aromatic rings. The Kier molecular flexibility index (Phi) is 5.51. The van der Waals surface area contributed by atoms with Crippen LogP contribution in [0.4, 0.5) is 0 Å². The summed E-state index contributed by atoms with van der Waals surface area (Å²) in [6, 6.07) is 9.36. The minimum atomic E-state index is -0.969. The normalized spacial score (nSPS) is 10.7. The van der Waals surface area contributed by atoms with E-state index in [9.17, 15) is 4.79 Å². The van der Waals surface area contributed by atoms with Crippen LogP contribution in [-0.4, -0.2) is 22.7 Å². The summed E-state index contributed by atoms with van der Waals surface area (Å²) in [6.45, 7) is 0.562. The van der Waals surface area contributed by atoms with Crippen LogP contribution in [-0.2, 0) is 11.2 Å². The van der Waals surface area contributed by atoms with Gasteiger partial charge >= 0.3 is 5.97 Å². The predicted octanol–water partition coefficient (Wildman–Crippen LogP) is 3.56. The van der Waals surface area contributed by atoms with E-state index in [-0.39, 0.29) is 0 Å². The summed E-state index contributed by atoms with van der Waals surface area (Å²) in [6.07, 6.45) is 6.96. The van der Waals surface area contributed by atoms with E-state index >= 15 is 0 Å². The van der Waals surface area contributed by atoms with Crippen LogP contribution in [0.5, 0.6) is 5.75 Å². The Morgan fingerprint density at radius 1 is 1.29 bits per heavy atom. The largest absolute Gasteiger partial charge is 0.492 e. The van der Waals surface area contributed by atoms with Crippen molar-refractivity contribution >= 4 is 28.0 Å². The summed E-state index contributed by atoms with van der Waals surface area (Å²) in [5.74, 6) is -0.236. The third-order valence-corrected chi connectivity index (χ3v) is 3.39. The molecule has 0 bridgehead atoms. The highest BCUT2D eigenvalue weighted by molar-refractivity contribution is 9.10. The molecule has 0 saturated carbocycles. The van der Waals surface area contributed by atoms with Gasteiger partial charge in [0.15, 0.2) is 0 Å². The molecule has 5 heteroatoms. The van der Waals surface area contributed by atoms with E-state index in [0.29, 0.717) is 6.61 Å². The van der Waals surface area contributed by atoms with Crippen molar-refractivity contribution in [3.8, 4) is 5.75 Å². The molecule has 1 aromatic heterocycles. The zero-order valence-corrected chi connectivity index (χ0v) is 12.8. The molecule has 4 nitrogen and oxygen atoms in total. The summed E-state index contributed by atoms with van der Waals surface area (Å²) in [5, 5.41) is 8.60. The lowest BCUT2D eigenvalue weighted by atomic mass is 10.2. The number of carboxylic acid groups (broad SMARTS) is 1. The van der Waals surface area contributed by atoms with Gasteiger partial charge in [0.1, 0.15) is 5.75 Å². The summed E-state index contributed by atoms with van der Waals surface area (Å²) >= 11 is 3.42. The van der Waals surface area contributed by atoms with Gasteiger partial charge in [-0.05, 0) is 57.4 Å². The van der Waals surface area contributed by atoms with Crippen LogP contribution in [0.2, 0.25) is 0 Å². The SMILES string of the molecule is O=C(O)C=Cc1ccc(OCCc2ccncc2)c(Br)c1. The van der Waals surface area contributed by atoms with E-state index in [1.807, 2.05) is 30.3 Å². The standard InChI is InChI=1S/C16H14BrNO3/c17-14-11-13(2-4-16(19)20)1-3-15(14)21-10-7-12-5-8-18-9-6-12/h1-6,8-9,11H,7,10H2,(H,19,20). The Balaban J connectivity index is 1.93. The first-order valence-corrected chi connectivity index (χ1v) is 7.17. The number of nitrogens with zero attached hydrogens (tertiary/aromatic N) is 1. The number of aromatic nitrogens is 1. The Morgan fingerprint density at radius 3 is 2.71 bits per heavy atom. The van der Waals surface area contributed by atoms with E-state index in [2.05, 4.69) is 20.9 Å². The minimum absolute atomic E-state index is 0.562. The maximum absolute atomic E-state index is 10.5. The van der Waals surface area contributed by atoms with Crippen molar-refractivity contribution in [1.82, 2.24) is 4.98 Å². The van der Waals surface area contributed by atoms with Gasteiger partial charge in [0.05, 0.1) is 11.1 Å². The summed E-state index contributed by atoms with van der Waals surface area (Å²) in [4.78, 5) is 14.4. The molecule has 1 heterocycles. The minimum Gasteiger partial charge on any atom is -0.492 e. The average Bonchev–Trinajstić information content (AvgIpc) is 2.48. The van der Waals surface area contributed by atoms with Crippen LogP contribution in [0, 0.1) is 0 Å². The number of pyridine rings is 1. The Bertz CT molecular complexity index is 641. The number of benzene rings is 1. The third kappa shape index (κ3) is 5.04. The Hall–Kier alpha value is -2.14. The highest BCUT2D eigenvalue weighted by Gasteiger charge is 2.02. The molecule has 0 aliphatic heterocycles. The van der Waals surface area contributed by atoms with E-state index in [1.54, 1.807) is 12.4 Å². The number of rotatable bonds is 6. The maximum Gasteiger partial charge on any atom is 0.328 e. The average molecular weight is 348 g/mol. The van der Waals surface area contributed by atoms with E-state index in [4.69, 9.17) is 9.84 Å². The summed E-state index contributed by atoms with van der Waals surface area (Å²) in [7, 11) is 0. The molecule has 0 aliphatic carbocycles. The fourth-order valence-electron chi connectivity index (χ4n) is 1.73. The van der Waals surface area contributed by atoms with Gasteiger partial charge in [0.2, 0.25) is 0 Å². The first-order valence-electron chi connectivity index (χ1n) is 6.37. The lowest BCUT2D eigenvalue weighted by Crippen LogP contribution is -2.01. The lowest BCUT2D eigenvalue weighted by Gasteiger charge is -2.08. The fourth-order valence-corrected chi connectivity index (χ4v) is 2.24. The lowest BCUT2D eigenvalue weighted by molar-refractivity contribution is -0.131. The predicted molar refractivity (Wildman–Crippen MR) is 84.2 cm³/mol. The molecule has 0 fully saturated rings. The smallest absolute Gasteiger partial charge is 0.328 e. The van der Waals surface area contributed by atoms with E-state index in [0.717, 1.165) is 28.3 Å². The molecule has 0 radical (unpaired) electrons. The first-order chi connectivity index (χ1) is 10.1. The van der Waals surface area contributed by atoms with Crippen LogP contribution in [0.25, 0.3) is 6.08 Å². The fraction of sp³-hybridized carbons (Fsp3) is 0.125. The zero-order valence-electron chi connectivity index (χ0n) is 11.2. The summed E-state index contributed by atoms with van der Waals surface area (Å²) < 4.78 is 6.51. The maximum atomic E-state index is 10.5. The second kappa shape index (κ2) is 7.59. The van der Waals surface area contributed by atoms with Crippen LogP contribution >= 0.6 is 15.9 Å². The van der Waals surface area contributed by atoms with Crippen molar-refractivity contribution < 1.29 is 14.6 Å². The van der Waals surface area contributed by atoms with Crippen molar-refractivity contribution in [3.63, 3.8) is 0 Å². The van der Waals surface area contributed by atoms with Crippen molar-refractivity contribution in [1.29, 1.82) is 0 Å². The molecule has 0 amide bonds. The zero-order chi connectivity index (χ0) is 15.1. The molecular formula is C16H14BrNO3. The number of carboxylic acids is 1. The van der Waals surface area contributed by atoms with Gasteiger partial charge < -0.3 is 9.84 Å². The van der Waals surface area contributed by atoms with E-state index < -0.39 is 5.97 Å². The van der Waals surface area contributed by atoms with Gasteiger partial charge in [-0.3, -0.25) is 4.98 Å². The number of ether oxygens (including phenoxy) is 1. The van der Waals surface area contributed by atoms with Gasteiger partial charge in [-0.25, -0.2) is 4.79 Å². The molecule has 108 valence electrons. The van der Waals surface area contributed by atoms with Crippen molar-refractivity contribution in [2.75, 3.05) is 6.61 Å². The molecule has 0 spiro atoms. The van der Waals surface area contributed by atoms with Crippen LogP contribution in [0.15, 0.2) is 53.3 Å². The highest BCUT2D eigenvalue weighted by atomic mass is 79.9. The van der Waals surface area contributed by atoms with E-state index in [1.165, 1.54) is 11.6 Å². The van der Waals surface area contributed by atoms with Crippen molar-refractivity contribution in [2.45, 2.75) is 6.42 Å². The van der Waals surface area contributed by atoms with Gasteiger partial charge in [0.25, 0.3) is 0 Å². The van der Waals surface area contributed by atoms with Gasteiger partial charge in [0, 0.05) is 24.9 Å². The molecule has 1 N–H and O–H groups in total. The molecule has 21 heavy (non-hydrogen) atoms. The molecule has 0 saturated heterocycles. The third-order valence-electron chi connectivity index (χ3n) is 2.77. The molecule has 0 aliphatic rings. The van der Waals surface area contributed by atoms with Crippen LogP contribution in [0.1, 0.15) is 11.1 Å². The number of halogens is 1. The topological polar surface area (TPSA) is 59.4 Å². The second-order valence-electron chi connectivity index (χ2n) is 4.32. The second-order valence-corrected chi connectivity index (χ2v) is 5.17. The van der Waals surface area contributed by atoms with Crippen LogP contribution in [0.3, 0.4) is 0 Å². The number of hydrogen-bond donors (Lipinski definition) is 1. The van der Waals surface area contributed by atoms with Gasteiger partial charge in [-0.2, -0.15) is 0 Å². The Labute approximate surface area is 131 Å².